The van der Waals surface area contributed by atoms with E-state index < -0.39 is 76.6 Å². The Morgan fingerprint density at radius 3 is 1.83 bits per heavy atom. The molecule has 0 fully saturated rings. The van der Waals surface area contributed by atoms with E-state index in [0.717, 1.165) is 11.8 Å². The third kappa shape index (κ3) is 8.03. The summed E-state index contributed by atoms with van der Waals surface area (Å²) in [6.45, 7) is 5.75. The molecule has 8 nitrogen and oxygen atoms in total. The van der Waals surface area contributed by atoms with Gasteiger partial charge in [-0.25, -0.2) is 4.79 Å². The van der Waals surface area contributed by atoms with E-state index in [4.69, 9.17) is 4.55 Å². The van der Waals surface area contributed by atoms with Crippen molar-refractivity contribution in [1.29, 1.82) is 0 Å². The Bertz CT molecular complexity index is 856. The molecule has 0 aromatic carbocycles. The molecule has 1 unspecified atom stereocenters. The SMILES string of the molecule is C=C(C)C(=O)OC(OCCCCC(F)(F)C(F)(F)S(=O)(=O)O)(C(=O)N(CCC)CCC)C(F)(F)F. The number of nitrogens with zero attached hydrogens (tertiary/aromatic N) is 1. The van der Waals surface area contributed by atoms with Crippen molar-refractivity contribution in [1.82, 2.24) is 4.90 Å². The number of halogens is 7. The number of hydrogen-bond donors (Lipinski definition) is 1. The number of amides is 1. The highest BCUT2D eigenvalue weighted by molar-refractivity contribution is 7.87. The number of rotatable bonds is 15. The highest BCUT2D eigenvalue weighted by atomic mass is 32.2. The van der Waals surface area contributed by atoms with E-state index in [1.807, 2.05) is 0 Å². The Morgan fingerprint density at radius 1 is 0.971 bits per heavy atom. The van der Waals surface area contributed by atoms with Crippen LogP contribution in [-0.4, -0.2) is 72.6 Å². The summed E-state index contributed by atoms with van der Waals surface area (Å²) >= 11 is 0. The molecule has 0 aromatic heterocycles. The zero-order valence-electron chi connectivity index (χ0n) is 19.3. The molecular formula is C19H28F7NO7S. The van der Waals surface area contributed by atoms with Gasteiger partial charge in [0.1, 0.15) is 0 Å². The fourth-order valence-corrected chi connectivity index (χ4v) is 3.15. The molecule has 1 amide bonds. The summed E-state index contributed by atoms with van der Waals surface area (Å²) < 4.78 is 134. The van der Waals surface area contributed by atoms with Crippen LogP contribution < -0.4 is 0 Å². The summed E-state index contributed by atoms with van der Waals surface area (Å²) in [4.78, 5) is 25.5. The molecule has 1 atom stereocenters. The van der Waals surface area contributed by atoms with Gasteiger partial charge in [-0.3, -0.25) is 9.35 Å². The molecule has 206 valence electrons. The molecule has 0 saturated heterocycles. The van der Waals surface area contributed by atoms with Gasteiger partial charge in [0.2, 0.25) is 0 Å². The van der Waals surface area contributed by atoms with Gasteiger partial charge in [-0.15, -0.1) is 0 Å². The van der Waals surface area contributed by atoms with Crippen molar-refractivity contribution in [3.63, 3.8) is 0 Å². The zero-order chi connectivity index (χ0) is 27.9. The van der Waals surface area contributed by atoms with Crippen LogP contribution >= 0.6 is 0 Å². The highest BCUT2D eigenvalue weighted by Crippen LogP contribution is 2.42. The summed E-state index contributed by atoms with van der Waals surface area (Å²) in [5.41, 5.74) is -0.514. The van der Waals surface area contributed by atoms with E-state index in [-0.39, 0.29) is 25.9 Å². The van der Waals surface area contributed by atoms with Gasteiger partial charge in [0.25, 0.3) is 0 Å². The first kappa shape index (κ1) is 33.1. The van der Waals surface area contributed by atoms with Gasteiger partial charge in [0, 0.05) is 25.1 Å². The van der Waals surface area contributed by atoms with Crippen LogP contribution in [-0.2, 0) is 29.2 Å². The van der Waals surface area contributed by atoms with E-state index in [1.54, 1.807) is 13.8 Å². The number of hydrogen-bond acceptors (Lipinski definition) is 6. The first-order valence-electron chi connectivity index (χ1n) is 10.3. The van der Waals surface area contributed by atoms with Gasteiger partial charge in [-0.05, 0) is 32.6 Å². The standard InChI is InChI=1S/C19H28F7NO7S/c1-5-10-27(11-6-2)15(29)17(18(22,23)24,34-14(28)13(3)4)33-12-8-7-9-16(20,21)19(25,26)35(30,31)32/h3,5-12H2,1-2,4H3,(H,30,31,32). The summed E-state index contributed by atoms with van der Waals surface area (Å²) in [7, 11) is -6.48. The summed E-state index contributed by atoms with van der Waals surface area (Å²) in [6.07, 6.45) is -8.87. The smallest absolute Gasteiger partial charge is 0.412 e. The van der Waals surface area contributed by atoms with Gasteiger partial charge in [0.05, 0.1) is 6.61 Å². The number of carbonyl (C=O) groups is 2. The minimum absolute atomic E-state index is 0.171. The molecule has 0 aliphatic carbocycles. The number of ether oxygens (including phenoxy) is 2. The van der Waals surface area contributed by atoms with Gasteiger partial charge in [0.15, 0.2) is 0 Å². The van der Waals surface area contributed by atoms with Gasteiger partial charge in [-0.2, -0.15) is 39.2 Å². The van der Waals surface area contributed by atoms with E-state index in [9.17, 15) is 48.7 Å². The van der Waals surface area contributed by atoms with Crippen molar-refractivity contribution < 1.29 is 62.8 Å². The van der Waals surface area contributed by atoms with Crippen molar-refractivity contribution in [2.24, 2.45) is 0 Å². The molecule has 16 heteroatoms. The average Bonchev–Trinajstić information content (AvgIpc) is 2.69. The first-order valence-corrected chi connectivity index (χ1v) is 11.8. The quantitative estimate of drug-likeness (QED) is 0.0812. The maximum atomic E-state index is 14.1. The lowest BCUT2D eigenvalue weighted by Crippen LogP contribution is -2.62. The average molecular weight is 547 g/mol. The topological polar surface area (TPSA) is 110 Å². The highest BCUT2D eigenvalue weighted by Gasteiger charge is 2.67. The molecule has 0 saturated carbocycles. The molecule has 0 aliphatic rings. The third-order valence-corrected chi connectivity index (χ3v) is 5.40. The number of unbranched alkanes of at least 4 members (excludes halogenated alkanes) is 1. The van der Waals surface area contributed by atoms with Crippen LogP contribution in [0.4, 0.5) is 30.7 Å². The lowest BCUT2D eigenvalue weighted by atomic mass is 10.1. The second-order valence-electron chi connectivity index (χ2n) is 7.58. The van der Waals surface area contributed by atoms with Crippen LogP contribution in [0, 0.1) is 0 Å². The largest absolute Gasteiger partial charge is 0.466 e. The second-order valence-corrected chi connectivity index (χ2v) is 9.04. The summed E-state index contributed by atoms with van der Waals surface area (Å²) in [6, 6.07) is 0. The maximum absolute atomic E-state index is 14.1. The Balaban J connectivity index is 5.86. The van der Waals surface area contributed by atoms with E-state index >= 15 is 0 Å². The van der Waals surface area contributed by atoms with Crippen LogP contribution in [0.2, 0.25) is 0 Å². The lowest BCUT2D eigenvalue weighted by Gasteiger charge is -2.37. The van der Waals surface area contributed by atoms with Crippen LogP contribution in [0.3, 0.4) is 0 Å². The Labute approximate surface area is 198 Å². The second kappa shape index (κ2) is 12.3. The van der Waals surface area contributed by atoms with E-state index in [1.165, 1.54) is 0 Å². The molecule has 1 N–H and O–H groups in total. The Morgan fingerprint density at radius 2 is 1.46 bits per heavy atom. The van der Waals surface area contributed by atoms with Crippen molar-refractivity contribution >= 4 is 22.0 Å². The van der Waals surface area contributed by atoms with Crippen LogP contribution in [0.5, 0.6) is 0 Å². The molecule has 0 aliphatic heterocycles. The molecular weight excluding hydrogens is 519 g/mol. The van der Waals surface area contributed by atoms with E-state index in [0.29, 0.717) is 0 Å². The maximum Gasteiger partial charge on any atom is 0.466 e. The summed E-state index contributed by atoms with van der Waals surface area (Å²) in [5, 5.41) is -5.84. The summed E-state index contributed by atoms with van der Waals surface area (Å²) in [5.74, 6) is -12.9. The van der Waals surface area contributed by atoms with Crippen molar-refractivity contribution in [2.45, 2.75) is 76.0 Å². The fraction of sp³-hybridized carbons (Fsp3) is 0.789. The Hall–Kier alpha value is -1.94. The monoisotopic (exact) mass is 547 g/mol. The minimum atomic E-state index is -6.48. The molecule has 0 radical (unpaired) electrons. The molecule has 35 heavy (non-hydrogen) atoms. The van der Waals surface area contributed by atoms with Crippen molar-refractivity contribution in [2.75, 3.05) is 19.7 Å². The first-order chi connectivity index (χ1) is 15.7. The predicted molar refractivity (Wildman–Crippen MR) is 108 cm³/mol. The van der Waals surface area contributed by atoms with Crippen molar-refractivity contribution in [3.05, 3.63) is 12.2 Å². The normalized spacial score (nSPS) is 14.8. The van der Waals surface area contributed by atoms with Crippen LogP contribution in [0.25, 0.3) is 0 Å². The van der Waals surface area contributed by atoms with Crippen LogP contribution in [0.1, 0.15) is 52.9 Å². The predicted octanol–water partition coefficient (Wildman–Crippen LogP) is 4.32. The number of esters is 1. The number of alkyl halides is 7. The molecule has 0 heterocycles. The fourth-order valence-electron chi connectivity index (χ4n) is 2.68. The van der Waals surface area contributed by atoms with Crippen LogP contribution in [0.15, 0.2) is 12.2 Å². The van der Waals surface area contributed by atoms with Gasteiger partial charge in [-0.1, -0.05) is 20.4 Å². The van der Waals surface area contributed by atoms with Crippen molar-refractivity contribution in [3.8, 4) is 0 Å². The molecule has 0 bridgehead atoms. The van der Waals surface area contributed by atoms with Gasteiger partial charge < -0.3 is 14.4 Å². The van der Waals surface area contributed by atoms with E-state index in [2.05, 4.69) is 16.1 Å². The molecule has 0 spiro atoms. The zero-order valence-corrected chi connectivity index (χ0v) is 20.1. The van der Waals surface area contributed by atoms with Gasteiger partial charge >= 0.3 is 45.1 Å². The minimum Gasteiger partial charge on any atom is -0.412 e. The Kier molecular flexibility index (Phi) is 11.7. The molecule has 0 aromatic rings. The third-order valence-electron chi connectivity index (χ3n) is 4.45. The lowest BCUT2D eigenvalue weighted by molar-refractivity contribution is -0.350. The number of carbonyl (C=O) groups excluding carboxylic acids is 2. The molecule has 0 rings (SSSR count).